The molecule has 1 N–H and O–H groups in total. The molecule has 1 aliphatic heterocycles. The van der Waals surface area contributed by atoms with E-state index in [1.165, 1.54) is 35.3 Å². The number of nitrogens with one attached hydrogen (secondary N) is 1. The Morgan fingerprint density at radius 1 is 1.13 bits per heavy atom. The number of thiazole rings is 1. The monoisotopic (exact) mass is 422 g/mol. The lowest BCUT2D eigenvalue weighted by atomic mass is 10.1. The van der Waals surface area contributed by atoms with Crippen LogP contribution in [-0.2, 0) is 0 Å². The molecule has 0 amide bonds. The Kier molecular flexibility index (Phi) is 4.74. The molecule has 0 radical (unpaired) electrons. The maximum atomic E-state index is 12.7. The molecule has 0 spiro atoms. The van der Waals surface area contributed by atoms with Crippen LogP contribution in [-0.4, -0.2) is 44.9 Å². The number of hydrogen-bond acceptors (Lipinski definition) is 7. The van der Waals surface area contributed by atoms with Gasteiger partial charge in [0.15, 0.2) is 0 Å². The van der Waals surface area contributed by atoms with E-state index in [1.54, 1.807) is 19.4 Å². The van der Waals surface area contributed by atoms with E-state index in [0.717, 1.165) is 46.3 Å². The smallest absolute Gasteiger partial charge is 0.273 e. The Morgan fingerprint density at radius 3 is 2.73 bits per heavy atom. The highest BCUT2D eigenvalue weighted by Crippen LogP contribution is 2.28. The molecule has 8 nitrogen and oxygen atoms in total. The molecule has 0 unspecified atom stereocenters. The van der Waals surface area contributed by atoms with Crippen LogP contribution >= 0.6 is 11.3 Å². The van der Waals surface area contributed by atoms with Crippen molar-refractivity contribution in [2.45, 2.75) is 26.2 Å². The van der Waals surface area contributed by atoms with Gasteiger partial charge in [-0.2, -0.15) is 4.68 Å². The van der Waals surface area contributed by atoms with Gasteiger partial charge in [-0.05, 0) is 44.4 Å². The first-order valence-corrected chi connectivity index (χ1v) is 10.8. The number of anilines is 1. The number of ether oxygens (including phenoxy) is 1. The van der Waals surface area contributed by atoms with E-state index in [9.17, 15) is 4.79 Å². The molecule has 3 aromatic heterocycles. The van der Waals surface area contributed by atoms with E-state index in [2.05, 4.69) is 20.0 Å². The Labute approximate surface area is 177 Å². The lowest BCUT2D eigenvalue weighted by Crippen LogP contribution is -2.31. The van der Waals surface area contributed by atoms with Crippen molar-refractivity contribution in [1.82, 2.24) is 24.7 Å². The molecule has 4 aromatic rings. The molecule has 154 valence electrons. The second-order valence-corrected chi connectivity index (χ2v) is 8.40. The summed E-state index contributed by atoms with van der Waals surface area (Å²) in [5.41, 5.74) is 2.99. The van der Waals surface area contributed by atoms with Gasteiger partial charge in [-0.25, -0.2) is 15.0 Å². The van der Waals surface area contributed by atoms with Gasteiger partial charge in [0, 0.05) is 30.9 Å². The topological polar surface area (TPSA) is 88.9 Å². The number of aromatic amines is 1. The zero-order chi connectivity index (χ0) is 20.7. The number of H-pyrrole nitrogens is 1. The Hall–Kier alpha value is -3.20. The molecule has 0 bridgehead atoms. The van der Waals surface area contributed by atoms with Gasteiger partial charge >= 0.3 is 0 Å². The molecule has 0 atom stereocenters. The standard InChI is InChI=1S/C21H22N6O2S/c1-13-15(12-22-20(23-13)26-8-4-3-5-9-26)17-11-19(28)27(25-17)21-24-16-7-6-14(29-2)10-18(16)30-21/h6-7,10-12,25H,3-5,8-9H2,1-2H3. The minimum absolute atomic E-state index is 0.171. The van der Waals surface area contributed by atoms with Crippen LogP contribution in [0.4, 0.5) is 5.95 Å². The van der Waals surface area contributed by atoms with Crippen LogP contribution in [0.15, 0.2) is 35.3 Å². The molecule has 5 rings (SSSR count). The number of hydrogen-bond donors (Lipinski definition) is 1. The molecule has 1 fully saturated rings. The molecule has 1 aliphatic rings. The number of rotatable bonds is 4. The van der Waals surface area contributed by atoms with Gasteiger partial charge < -0.3 is 9.64 Å². The second-order valence-electron chi connectivity index (χ2n) is 7.39. The van der Waals surface area contributed by atoms with E-state index in [1.807, 2.05) is 25.1 Å². The van der Waals surface area contributed by atoms with Crippen molar-refractivity contribution >= 4 is 27.5 Å². The van der Waals surface area contributed by atoms with Crippen molar-refractivity contribution in [1.29, 1.82) is 0 Å². The van der Waals surface area contributed by atoms with Gasteiger partial charge in [0.25, 0.3) is 5.56 Å². The van der Waals surface area contributed by atoms with Crippen molar-refractivity contribution in [3.63, 3.8) is 0 Å². The first-order chi connectivity index (χ1) is 14.6. The highest BCUT2D eigenvalue weighted by atomic mass is 32.1. The van der Waals surface area contributed by atoms with E-state index in [0.29, 0.717) is 10.8 Å². The van der Waals surface area contributed by atoms with Crippen LogP contribution in [0.3, 0.4) is 0 Å². The van der Waals surface area contributed by atoms with Crippen LogP contribution in [0.5, 0.6) is 5.75 Å². The Bertz CT molecular complexity index is 1270. The fourth-order valence-corrected chi connectivity index (χ4v) is 4.72. The highest BCUT2D eigenvalue weighted by molar-refractivity contribution is 7.20. The van der Waals surface area contributed by atoms with Crippen LogP contribution in [0.25, 0.3) is 26.6 Å². The second kappa shape index (κ2) is 7.56. The van der Waals surface area contributed by atoms with Gasteiger partial charge in [-0.15, -0.1) is 0 Å². The Balaban J connectivity index is 1.49. The maximum absolute atomic E-state index is 12.7. The predicted molar refractivity (Wildman–Crippen MR) is 118 cm³/mol. The number of aryl methyl sites for hydroxylation is 1. The minimum Gasteiger partial charge on any atom is -0.497 e. The third kappa shape index (κ3) is 3.35. The molecule has 4 heterocycles. The first kappa shape index (κ1) is 18.8. The third-order valence-electron chi connectivity index (χ3n) is 5.39. The zero-order valence-electron chi connectivity index (χ0n) is 16.9. The van der Waals surface area contributed by atoms with Gasteiger partial charge in [0.1, 0.15) is 5.75 Å². The average Bonchev–Trinajstić information content (AvgIpc) is 3.36. The lowest BCUT2D eigenvalue weighted by Gasteiger charge is -2.26. The van der Waals surface area contributed by atoms with Gasteiger partial charge in [0.2, 0.25) is 11.1 Å². The average molecular weight is 423 g/mol. The summed E-state index contributed by atoms with van der Waals surface area (Å²) in [5, 5.41) is 3.75. The molecular weight excluding hydrogens is 400 g/mol. The quantitative estimate of drug-likeness (QED) is 0.541. The minimum atomic E-state index is -0.171. The van der Waals surface area contributed by atoms with Crippen LogP contribution in [0, 0.1) is 6.92 Å². The molecule has 9 heteroatoms. The summed E-state index contributed by atoms with van der Waals surface area (Å²) in [6.45, 7) is 3.94. The number of piperidine rings is 1. The summed E-state index contributed by atoms with van der Waals surface area (Å²) >= 11 is 1.43. The van der Waals surface area contributed by atoms with Crippen molar-refractivity contribution < 1.29 is 4.74 Å². The molecule has 0 aliphatic carbocycles. The lowest BCUT2D eigenvalue weighted by molar-refractivity contribution is 0.415. The van der Waals surface area contributed by atoms with Crippen LogP contribution < -0.4 is 15.2 Å². The SMILES string of the molecule is COc1ccc2nc(-n3[nH]c(-c4cnc(N5CCCCC5)nc4C)cc3=O)sc2c1. The first-order valence-electron chi connectivity index (χ1n) is 9.98. The summed E-state index contributed by atoms with van der Waals surface area (Å²) in [4.78, 5) is 28.7. The number of fused-ring (bicyclic) bond motifs is 1. The van der Waals surface area contributed by atoms with E-state index in [-0.39, 0.29) is 5.56 Å². The van der Waals surface area contributed by atoms with Crippen molar-refractivity contribution in [3.8, 4) is 22.1 Å². The highest BCUT2D eigenvalue weighted by Gasteiger charge is 2.17. The van der Waals surface area contributed by atoms with Crippen molar-refractivity contribution in [2.24, 2.45) is 0 Å². The third-order valence-corrected chi connectivity index (χ3v) is 6.40. The normalized spacial score (nSPS) is 14.4. The molecular formula is C21H22N6O2S. The number of benzene rings is 1. The number of nitrogens with zero attached hydrogens (tertiary/aromatic N) is 5. The summed E-state index contributed by atoms with van der Waals surface area (Å²) in [6, 6.07) is 7.24. The number of aromatic nitrogens is 5. The summed E-state index contributed by atoms with van der Waals surface area (Å²) in [7, 11) is 1.63. The summed E-state index contributed by atoms with van der Waals surface area (Å²) in [6.07, 6.45) is 5.41. The summed E-state index contributed by atoms with van der Waals surface area (Å²) in [5.74, 6) is 1.52. The molecule has 1 aromatic carbocycles. The van der Waals surface area contributed by atoms with Crippen LogP contribution in [0.2, 0.25) is 0 Å². The van der Waals surface area contributed by atoms with Crippen molar-refractivity contribution in [2.75, 3.05) is 25.1 Å². The van der Waals surface area contributed by atoms with E-state index < -0.39 is 0 Å². The number of methoxy groups -OCH3 is 1. The zero-order valence-corrected chi connectivity index (χ0v) is 17.7. The summed E-state index contributed by atoms with van der Waals surface area (Å²) < 4.78 is 7.69. The van der Waals surface area contributed by atoms with E-state index in [4.69, 9.17) is 9.72 Å². The molecule has 0 saturated carbocycles. The molecule has 1 saturated heterocycles. The van der Waals surface area contributed by atoms with Gasteiger partial charge in [-0.1, -0.05) is 11.3 Å². The predicted octanol–water partition coefficient (Wildman–Crippen LogP) is 3.54. The fourth-order valence-electron chi connectivity index (χ4n) is 3.76. The largest absolute Gasteiger partial charge is 0.497 e. The maximum Gasteiger partial charge on any atom is 0.273 e. The Morgan fingerprint density at radius 2 is 1.97 bits per heavy atom. The van der Waals surface area contributed by atoms with Gasteiger partial charge in [-0.3, -0.25) is 9.89 Å². The fraction of sp³-hybridized carbons (Fsp3) is 0.333. The van der Waals surface area contributed by atoms with Crippen molar-refractivity contribution in [3.05, 3.63) is 46.5 Å². The van der Waals surface area contributed by atoms with E-state index >= 15 is 0 Å². The van der Waals surface area contributed by atoms with Crippen LogP contribution in [0.1, 0.15) is 25.0 Å². The van der Waals surface area contributed by atoms with Gasteiger partial charge in [0.05, 0.1) is 28.7 Å². The molecule has 30 heavy (non-hydrogen) atoms.